The van der Waals surface area contributed by atoms with Crippen LogP contribution in [0.25, 0.3) is 11.4 Å². The maximum absolute atomic E-state index is 13.7. The fraction of sp³-hybridized carbons (Fsp3) is 0.250. The Hall–Kier alpha value is -2.24. The number of nitrogens with zero attached hydrogens (tertiary/aromatic N) is 2. The number of esters is 1. The summed E-state index contributed by atoms with van der Waals surface area (Å²) in [6, 6.07) is 4.71. The van der Waals surface area contributed by atoms with Crippen molar-refractivity contribution in [3.63, 3.8) is 0 Å². The molecule has 2 rings (SSSR count). The minimum atomic E-state index is -0.608. The molecular formula is C12H12FN3O2. The van der Waals surface area contributed by atoms with Gasteiger partial charge in [-0.1, -0.05) is 6.07 Å². The van der Waals surface area contributed by atoms with E-state index in [1.807, 2.05) is 0 Å². The lowest BCUT2D eigenvalue weighted by molar-refractivity contribution is 0.0512. The van der Waals surface area contributed by atoms with Gasteiger partial charge in [0.25, 0.3) is 0 Å². The van der Waals surface area contributed by atoms with E-state index in [1.54, 1.807) is 26.0 Å². The van der Waals surface area contributed by atoms with Crippen LogP contribution >= 0.6 is 0 Å². The predicted molar refractivity (Wildman–Crippen MR) is 62.5 cm³/mol. The number of hydrogen-bond donors (Lipinski definition) is 1. The molecule has 0 bridgehead atoms. The molecule has 5 nitrogen and oxygen atoms in total. The number of carbonyl (C=O) groups is 1. The number of aryl methyl sites for hydroxylation is 1. The van der Waals surface area contributed by atoms with Gasteiger partial charge in [0.15, 0.2) is 5.82 Å². The van der Waals surface area contributed by atoms with Gasteiger partial charge in [0.2, 0.25) is 5.82 Å². The number of rotatable bonds is 3. The van der Waals surface area contributed by atoms with Crippen LogP contribution in [0.15, 0.2) is 18.2 Å². The summed E-state index contributed by atoms with van der Waals surface area (Å²) in [6.07, 6.45) is 0. The molecule has 0 aliphatic carbocycles. The first kappa shape index (κ1) is 12.2. The summed E-state index contributed by atoms with van der Waals surface area (Å²) in [5, 5.41) is 6.23. The number of nitrogens with one attached hydrogen (secondary N) is 1. The van der Waals surface area contributed by atoms with Gasteiger partial charge in [-0.15, -0.1) is 0 Å². The molecule has 0 aliphatic rings. The van der Waals surface area contributed by atoms with Gasteiger partial charge >= 0.3 is 5.97 Å². The zero-order valence-electron chi connectivity index (χ0n) is 10.0. The Labute approximate surface area is 103 Å². The third kappa shape index (κ3) is 2.37. The second kappa shape index (κ2) is 4.95. The minimum Gasteiger partial charge on any atom is -0.460 e. The van der Waals surface area contributed by atoms with Gasteiger partial charge < -0.3 is 4.74 Å². The van der Waals surface area contributed by atoms with Crippen LogP contribution in [0.2, 0.25) is 0 Å². The summed E-state index contributed by atoms with van der Waals surface area (Å²) < 4.78 is 18.4. The Bertz CT molecular complexity index is 580. The van der Waals surface area contributed by atoms with E-state index < -0.39 is 11.8 Å². The van der Waals surface area contributed by atoms with Gasteiger partial charge in [0.1, 0.15) is 5.82 Å². The average molecular weight is 249 g/mol. The molecule has 1 N–H and O–H groups in total. The van der Waals surface area contributed by atoms with Gasteiger partial charge in [-0.2, -0.15) is 5.10 Å². The molecule has 0 spiro atoms. The first-order valence-corrected chi connectivity index (χ1v) is 5.48. The molecule has 0 radical (unpaired) electrons. The van der Waals surface area contributed by atoms with Crippen molar-refractivity contribution in [3.05, 3.63) is 35.4 Å². The molecule has 0 saturated carbocycles. The zero-order chi connectivity index (χ0) is 13.1. The molecule has 18 heavy (non-hydrogen) atoms. The molecular weight excluding hydrogens is 237 g/mol. The Kier molecular flexibility index (Phi) is 3.36. The minimum absolute atomic E-state index is 0.0353. The van der Waals surface area contributed by atoms with Crippen LogP contribution in [0.5, 0.6) is 0 Å². The van der Waals surface area contributed by atoms with Gasteiger partial charge in [-0.05, 0) is 31.5 Å². The Balaban J connectivity index is 2.32. The standard InChI is InChI=1S/C12H12FN3O2/c1-3-18-12(17)11-14-10(15-16-11)8-5-4-7(2)6-9(8)13/h4-6H,3H2,1-2H3,(H,14,15,16). The summed E-state index contributed by atoms with van der Waals surface area (Å²) >= 11 is 0. The monoisotopic (exact) mass is 249 g/mol. The first-order chi connectivity index (χ1) is 8.61. The SMILES string of the molecule is CCOC(=O)c1nc(-c2ccc(C)cc2F)n[nH]1. The molecule has 1 heterocycles. The quantitative estimate of drug-likeness (QED) is 0.846. The van der Waals surface area contributed by atoms with Crippen LogP contribution in [0, 0.1) is 12.7 Å². The van der Waals surface area contributed by atoms with E-state index in [0.717, 1.165) is 5.56 Å². The Morgan fingerprint density at radius 2 is 2.28 bits per heavy atom. The van der Waals surface area contributed by atoms with Crippen molar-refractivity contribution < 1.29 is 13.9 Å². The summed E-state index contributed by atoms with van der Waals surface area (Å²) in [4.78, 5) is 15.3. The van der Waals surface area contributed by atoms with Crippen LogP contribution in [0.4, 0.5) is 4.39 Å². The van der Waals surface area contributed by atoms with Crippen molar-refractivity contribution in [2.24, 2.45) is 0 Å². The molecule has 1 aromatic carbocycles. The molecule has 0 fully saturated rings. The van der Waals surface area contributed by atoms with Gasteiger partial charge in [-0.25, -0.2) is 14.2 Å². The van der Waals surface area contributed by atoms with Gasteiger partial charge in [0, 0.05) is 0 Å². The number of ether oxygens (including phenoxy) is 1. The van der Waals surface area contributed by atoms with E-state index in [-0.39, 0.29) is 23.8 Å². The fourth-order valence-electron chi connectivity index (χ4n) is 1.47. The van der Waals surface area contributed by atoms with Crippen molar-refractivity contribution in [2.75, 3.05) is 6.61 Å². The van der Waals surface area contributed by atoms with Crippen LogP contribution in [0.3, 0.4) is 0 Å². The van der Waals surface area contributed by atoms with E-state index in [0.29, 0.717) is 0 Å². The second-order valence-electron chi connectivity index (χ2n) is 3.71. The summed E-state index contributed by atoms with van der Waals surface area (Å²) in [7, 11) is 0. The molecule has 94 valence electrons. The molecule has 2 aromatic rings. The topological polar surface area (TPSA) is 67.9 Å². The molecule has 0 aliphatic heterocycles. The number of halogens is 1. The second-order valence-corrected chi connectivity index (χ2v) is 3.71. The summed E-state index contributed by atoms with van der Waals surface area (Å²) in [6.45, 7) is 3.72. The van der Waals surface area contributed by atoms with Crippen molar-refractivity contribution in [3.8, 4) is 11.4 Å². The van der Waals surface area contributed by atoms with Crippen LogP contribution in [-0.2, 0) is 4.74 Å². The lowest BCUT2D eigenvalue weighted by atomic mass is 10.1. The molecule has 0 amide bonds. The molecule has 1 aromatic heterocycles. The maximum atomic E-state index is 13.7. The fourth-order valence-corrected chi connectivity index (χ4v) is 1.47. The smallest absolute Gasteiger partial charge is 0.375 e. The highest BCUT2D eigenvalue weighted by Crippen LogP contribution is 2.19. The summed E-state index contributed by atoms with van der Waals surface area (Å²) in [5.74, 6) is -0.935. The third-order valence-corrected chi connectivity index (χ3v) is 2.32. The molecule has 0 atom stereocenters. The van der Waals surface area contributed by atoms with E-state index in [4.69, 9.17) is 4.74 Å². The Morgan fingerprint density at radius 1 is 1.50 bits per heavy atom. The number of aromatic nitrogens is 3. The van der Waals surface area contributed by atoms with Gasteiger partial charge in [0.05, 0.1) is 12.2 Å². The molecule has 0 saturated heterocycles. The van der Waals surface area contributed by atoms with Crippen LogP contribution in [-0.4, -0.2) is 27.8 Å². The van der Waals surface area contributed by atoms with Crippen molar-refractivity contribution in [1.82, 2.24) is 15.2 Å². The zero-order valence-corrected chi connectivity index (χ0v) is 10.0. The first-order valence-electron chi connectivity index (χ1n) is 5.48. The lowest BCUT2D eigenvalue weighted by Crippen LogP contribution is -2.06. The number of benzene rings is 1. The largest absolute Gasteiger partial charge is 0.460 e. The predicted octanol–water partition coefficient (Wildman–Crippen LogP) is 2.10. The van der Waals surface area contributed by atoms with Gasteiger partial charge in [-0.3, -0.25) is 5.10 Å². The number of carbonyl (C=O) groups excluding carboxylic acids is 1. The Morgan fingerprint density at radius 3 is 2.94 bits per heavy atom. The van der Waals surface area contributed by atoms with E-state index in [9.17, 15) is 9.18 Å². The van der Waals surface area contributed by atoms with E-state index in [1.165, 1.54) is 6.07 Å². The highest BCUT2D eigenvalue weighted by molar-refractivity contribution is 5.85. The highest BCUT2D eigenvalue weighted by atomic mass is 19.1. The number of aromatic amines is 1. The van der Waals surface area contributed by atoms with Crippen molar-refractivity contribution in [1.29, 1.82) is 0 Å². The molecule has 6 heteroatoms. The number of hydrogen-bond acceptors (Lipinski definition) is 4. The van der Waals surface area contributed by atoms with Crippen molar-refractivity contribution in [2.45, 2.75) is 13.8 Å². The van der Waals surface area contributed by atoms with E-state index in [2.05, 4.69) is 15.2 Å². The maximum Gasteiger partial charge on any atom is 0.375 e. The third-order valence-electron chi connectivity index (χ3n) is 2.32. The van der Waals surface area contributed by atoms with Crippen LogP contribution in [0.1, 0.15) is 23.1 Å². The normalized spacial score (nSPS) is 10.4. The van der Waals surface area contributed by atoms with Crippen molar-refractivity contribution >= 4 is 5.97 Å². The summed E-state index contributed by atoms with van der Waals surface area (Å²) in [5.41, 5.74) is 1.05. The highest BCUT2D eigenvalue weighted by Gasteiger charge is 2.15. The number of H-pyrrole nitrogens is 1. The van der Waals surface area contributed by atoms with E-state index >= 15 is 0 Å². The van der Waals surface area contributed by atoms with Crippen LogP contribution < -0.4 is 0 Å². The lowest BCUT2D eigenvalue weighted by Gasteiger charge is -1.99. The molecule has 0 unspecified atom stereocenters. The average Bonchev–Trinajstić information content (AvgIpc) is 2.78.